The number of rotatable bonds is 7. The summed E-state index contributed by atoms with van der Waals surface area (Å²) < 4.78 is 28.0. The number of nitriles is 1. The third-order valence-corrected chi connectivity index (χ3v) is 5.45. The Balaban J connectivity index is 1.84. The molecule has 0 radical (unpaired) electrons. The first-order valence-corrected chi connectivity index (χ1v) is 10.5. The molecule has 6 nitrogen and oxygen atoms in total. The van der Waals surface area contributed by atoms with E-state index in [1.807, 2.05) is 12.1 Å². The van der Waals surface area contributed by atoms with Gasteiger partial charge >= 0.3 is 0 Å². The summed E-state index contributed by atoms with van der Waals surface area (Å²) in [5.74, 6) is -0.832. The first kappa shape index (κ1) is 20.3. The van der Waals surface area contributed by atoms with E-state index in [9.17, 15) is 13.2 Å². The van der Waals surface area contributed by atoms with Crippen molar-refractivity contribution in [3.63, 3.8) is 0 Å². The zero-order chi connectivity index (χ0) is 20.7. The van der Waals surface area contributed by atoms with Crippen molar-refractivity contribution in [3.8, 4) is 6.07 Å². The summed E-state index contributed by atoms with van der Waals surface area (Å²) in [6.07, 6.45) is 0. The second-order valence-electron chi connectivity index (χ2n) is 6.39. The summed E-state index contributed by atoms with van der Waals surface area (Å²) in [6.45, 7) is 0. The maximum Gasteiger partial charge on any atom is 0.247 e. The molecule has 146 valence electrons. The zero-order valence-corrected chi connectivity index (χ0v) is 16.3. The highest BCUT2D eigenvalue weighted by Crippen LogP contribution is 2.18. The van der Waals surface area contributed by atoms with Gasteiger partial charge < -0.3 is 5.32 Å². The van der Waals surface area contributed by atoms with Gasteiger partial charge in [-0.15, -0.1) is 0 Å². The van der Waals surface area contributed by atoms with E-state index in [0.29, 0.717) is 22.4 Å². The molecule has 29 heavy (non-hydrogen) atoms. The summed E-state index contributed by atoms with van der Waals surface area (Å²) in [5.41, 5.74) is 1.93. The maximum absolute atomic E-state index is 12.9. The number of carbonyl (C=O) groups is 1. The Hall–Kier alpha value is -3.47. The predicted octanol–water partition coefficient (Wildman–Crippen LogP) is 3.36. The molecule has 1 unspecified atom stereocenters. The van der Waals surface area contributed by atoms with Crippen molar-refractivity contribution in [3.05, 3.63) is 102 Å². The molecule has 0 fully saturated rings. The summed E-state index contributed by atoms with van der Waals surface area (Å²) in [5, 5.41) is 11.7. The molecule has 0 spiro atoms. The van der Waals surface area contributed by atoms with E-state index in [4.69, 9.17) is 5.26 Å². The van der Waals surface area contributed by atoms with E-state index in [1.54, 1.807) is 72.8 Å². The fraction of sp³-hybridized carbons (Fsp3) is 0.0909. The van der Waals surface area contributed by atoms with E-state index < -0.39 is 22.0 Å². The van der Waals surface area contributed by atoms with Crippen molar-refractivity contribution in [1.82, 2.24) is 4.72 Å². The minimum Gasteiger partial charge on any atom is -0.324 e. The number of para-hydroxylation sites is 1. The first-order chi connectivity index (χ1) is 14.0. The number of nitrogens with zero attached hydrogens (tertiary/aromatic N) is 1. The van der Waals surface area contributed by atoms with Crippen LogP contribution < -0.4 is 10.0 Å². The van der Waals surface area contributed by atoms with E-state index >= 15 is 0 Å². The molecule has 0 aliphatic heterocycles. The van der Waals surface area contributed by atoms with Crippen LogP contribution in [-0.4, -0.2) is 14.3 Å². The molecule has 0 saturated heterocycles. The third kappa shape index (κ3) is 5.75. The standard InChI is InChI=1S/C22H19N3O3S/c23-15-17-8-7-9-18(14-17)16-29(27,28)25-21(19-10-3-1-4-11-19)22(26)24-20-12-5-2-6-13-20/h1-14,21,25H,16H2,(H,24,26). The van der Waals surface area contributed by atoms with Gasteiger partial charge in [-0.1, -0.05) is 60.7 Å². The summed E-state index contributed by atoms with van der Waals surface area (Å²) in [7, 11) is -3.86. The lowest BCUT2D eigenvalue weighted by molar-refractivity contribution is -0.117. The van der Waals surface area contributed by atoms with Crippen molar-refractivity contribution >= 4 is 21.6 Å². The third-order valence-electron chi connectivity index (χ3n) is 4.15. The highest BCUT2D eigenvalue weighted by molar-refractivity contribution is 7.88. The first-order valence-electron chi connectivity index (χ1n) is 8.87. The van der Waals surface area contributed by atoms with E-state index in [2.05, 4.69) is 10.0 Å². The van der Waals surface area contributed by atoms with Crippen LogP contribution in [0.25, 0.3) is 0 Å². The predicted molar refractivity (Wildman–Crippen MR) is 111 cm³/mol. The van der Waals surface area contributed by atoms with Gasteiger partial charge in [-0.05, 0) is 35.4 Å². The van der Waals surface area contributed by atoms with Crippen molar-refractivity contribution in [2.24, 2.45) is 0 Å². The van der Waals surface area contributed by atoms with Crippen LogP contribution in [0.4, 0.5) is 5.69 Å². The van der Waals surface area contributed by atoms with Gasteiger partial charge in [0.1, 0.15) is 6.04 Å². The Kier molecular flexibility index (Phi) is 6.39. The van der Waals surface area contributed by atoms with Crippen molar-refractivity contribution < 1.29 is 13.2 Å². The van der Waals surface area contributed by atoms with Gasteiger partial charge in [-0.2, -0.15) is 9.98 Å². The Labute approximate surface area is 169 Å². The van der Waals surface area contributed by atoms with Gasteiger partial charge in [0.2, 0.25) is 15.9 Å². The second-order valence-corrected chi connectivity index (χ2v) is 8.14. The van der Waals surface area contributed by atoms with E-state index in [1.165, 1.54) is 6.07 Å². The number of anilines is 1. The van der Waals surface area contributed by atoms with Crippen molar-refractivity contribution in [2.45, 2.75) is 11.8 Å². The number of hydrogen-bond donors (Lipinski definition) is 2. The van der Waals surface area contributed by atoms with Crippen LogP contribution in [0.2, 0.25) is 0 Å². The molecule has 3 aromatic rings. The quantitative estimate of drug-likeness (QED) is 0.630. The smallest absolute Gasteiger partial charge is 0.247 e. The van der Waals surface area contributed by atoms with Gasteiger partial charge in [0.05, 0.1) is 17.4 Å². The van der Waals surface area contributed by atoms with Crippen LogP contribution in [0.15, 0.2) is 84.9 Å². The van der Waals surface area contributed by atoms with Crippen molar-refractivity contribution in [2.75, 3.05) is 5.32 Å². The molecule has 0 aliphatic carbocycles. The Morgan fingerprint density at radius 3 is 2.24 bits per heavy atom. The molecule has 0 aromatic heterocycles. The fourth-order valence-corrected chi connectivity index (χ4v) is 4.13. The maximum atomic E-state index is 12.9. The fourth-order valence-electron chi connectivity index (χ4n) is 2.83. The van der Waals surface area contributed by atoms with Crippen LogP contribution in [0.5, 0.6) is 0 Å². The molecule has 3 aromatic carbocycles. The van der Waals surface area contributed by atoms with Gasteiger partial charge in [0.15, 0.2) is 0 Å². The number of carbonyl (C=O) groups excluding carboxylic acids is 1. The van der Waals surface area contributed by atoms with Crippen LogP contribution in [-0.2, 0) is 20.6 Å². The Bertz CT molecular complexity index is 1120. The molecule has 0 saturated carbocycles. The van der Waals surface area contributed by atoms with Crippen molar-refractivity contribution in [1.29, 1.82) is 5.26 Å². The largest absolute Gasteiger partial charge is 0.324 e. The van der Waals surface area contributed by atoms with Gasteiger partial charge in [0, 0.05) is 5.69 Å². The number of amides is 1. The monoisotopic (exact) mass is 405 g/mol. The zero-order valence-electron chi connectivity index (χ0n) is 15.4. The number of hydrogen-bond acceptors (Lipinski definition) is 4. The lowest BCUT2D eigenvalue weighted by atomic mass is 10.1. The van der Waals surface area contributed by atoms with Gasteiger partial charge in [-0.3, -0.25) is 4.79 Å². The average molecular weight is 405 g/mol. The molecule has 1 atom stereocenters. The molecule has 0 bridgehead atoms. The lowest BCUT2D eigenvalue weighted by Crippen LogP contribution is -2.37. The van der Waals surface area contributed by atoms with Crippen LogP contribution in [0, 0.1) is 11.3 Å². The minimum absolute atomic E-state index is 0.343. The highest BCUT2D eigenvalue weighted by atomic mass is 32.2. The molecule has 1 amide bonds. The molecular formula is C22H19N3O3S. The molecule has 3 rings (SSSR count). The molecule has 7 heteroatoms. The Morgan fingerprint density at radius 2 is 1.59 bits per heavy atom. The molecule has 0 heterocycles. The molecule has 2 N–H and O–H groups in total. The van der Waals surface area contributed by atoms with E-state index in [0.717, 1.165) is 0 Å². The minimum atomic E-state index is -3.86. The van der Waals surface area contributed by atoms with E-state index in [-0.39, 0.29) is 5.75 Å². The second kappa shape index (κ2) is 9.15. The number of nitrogens with one attached hydrogen (secondary N) is 2. The molecular weight excluding hydrogens is 386 g/mol. The summed E-state index contributed by atoms with van der Waals surface area (Å²) in [6, 6.07) is 24.7. The highest BCUT2D eigenvalue weighted by Gasteiger charge is 2.26. The average Bonchev–Trinajstić information content (AvgIpc) is 2.73. The van der Waals surface area contributed by atoms with Crippen LogP contribution in [0.3, 0.4) is 0 Å². The Morgan fingerprint density at radius 1 is 0.931 bits per heavy atom. The normalized spacial score (nSPS) is 12.0. The lowest BCUT2D eigenvalue weighted by Gasteiger charge is -2.19. The number of sulfonamides is 1. The SMILES string of the molecule is N#Cc1cccc(CS(=O)(=O)NC(C(=O)Nc2ccccc2)c2ccccc2)c1. The van der Waals surface area contributed by atoms with Gasteiger partial charge in [-0.25, -0.2) is 8.42 Å². The molecule has 0 aliphatic rings. The topological polar surface area (TPSA) is 99.1 Å². The van der Waals surface area contributed by atoms with Crippen LogP contribution in [0.1, 0.15) is 22.7 Å². The number of benzene rings is 3. The summed E-state index contributed by atoms with van der Waals surface area (Å²) >= 11 is 0. The van der Waals surface area contributed by atoms with Gasteiger partial charge in [0.25, 0.3) is 0 Å². The van der Waals surface area contributed by atoms with Crippen LogP contribution >= 0.6 is 0 Å². The summed E-state index contributed by atoms with van der Waals surface area (Å²) in [4.78, 5) is 12.9.